The van der Waals surface area contributed by atoms with Crippen molar-refractivity contribution in [2.45, 2.75) is 58.2 Å². The van der Waals surface area contributed by atoms with Crippen molar-refractivity contribution in [2.75, 3.05) is 13.1 Å². The number of hydrogen-bond acceptors (Lipinski definition) is 4. The average Bonchev–Trinajstić information content (AvgIpc) is 3.41. The number of fused-ring (bicyclic) bond motifs is 2. The van der Waals surface area contributed by atoms with Crippen LogP contribution in [0.2, 0.25) is 0 Å². The number of H-pyrrole nitrogens is 1. The van der Waals surface area contributed by atoms with Crippen LogP contribution < -0.4 is 5.32 Å². The van der Waals surface area contributed by atoms with Crippen LogP contribution in [-0.2, 0) is 17.8 Å². The number of aryl methyl sites for hydroxylation is 1. The van der Waals surface area contributed by atoms with Gasteiger partial charge in [0.2, 0.25) is 0 Å². The van der Waals surface area contributed by atoms with E-state index in [1.54, 1.807) is 18.7 Å². The minimum Gasteiger partial charge on any atom is -0.381 e. The first-order chi connectivity index (χ1) is 14.8. The van der Waals surface area contributed by atoms with Gasteiger partial charge in [-0.15, -0.1) is 0 Å². The first-order valence-electron chi connectivity index (χ1n) is 11.2. The van der Waals surface area contributed by atoms with Crippen molar-refractivity contribution < 1.29 is 9.90 Å². The van der Waals surface area contributed by atoms with Crippen molar-refractivity contribution in [3.63, 3.8) is 0 Å². The largest absolute Gasteiger partial charge is 0.381 e. The number of amides is 1. The van der Waals surface area contributed by atoms with Gasteiger partial charge in [0.15, 0.2) is 0 Å². The highest BCUT2D eigenvalue weighted by atomic mass is 16.3. The number of carbonyl (C=O) groups excluding carboxylic acids is 1. The molecule has 6 nitrogen and oxygen atoms in total. The fourth-order valence-corrected chi connectivity index (χ4v) is 5.01. The van der Waals surface area contributed by atoms with E-state index in [1.807, 2.05) is 12.4 Å². The molecule has 6 heteroatoms. The Bertz CT molecular complexity index is 1150. The summed E-state index contributed by atoms with van der Waals surface area (Å²) in [5, 5.41) is 15.0. The first kappa shape index (κ1) is 20.2. The second-order valence-electron chi connectivity index (χ2n) is 9.48. The van der Waals surface area contributed by atoms with Gasteiger partial charge in [-0.25, -0.2) is 4.98 Å². The van der Waals surface area contributed by atoms with E-state index in [0.717, 1.165) is 41.5 Å². The number of carbonyl (C=O) groups is 1. The van der Waals surface area contributed by atoms with Gasteiger partial charge in [-0.1, -0.05) is 0 Å². The lowest BCUT2D eigenvalue weighted by Crippen LogP contribution is -2.47. The monoisotopic (exact) mass is 418 g/mol. The number of pyridine rings is 1. The van der Waals surface area contributed by atoms with Crippen LogP contribution >= 0.6 is 0 Å². The summed E-state index contributed by atoms with van der Waals surface area (Å²) < 4.78 is 0. The van der Waals surface area contributed by atoms with Gasteiger partial charge in [0.05, 0.1) is 0 Å². The topological polar surface area (TPSA) is 81.2 Å². The highest BCUT2D eigenvalue weighted by Gasteiger charge is 2.33. The molecule has 0 bridgehead atoms. The van der Waals surface area contributed by atoms with Gasteiger partial charge in [0.25, 0.3) is 5.91 Å². The molecule has 2 aliphatic rings. The average molecular weight is 419 g/mol. The molecule has 162 valence electrons. The molecule has 3 aromatic rings. The minimum absolute atomic E-state index is 0.213. The van der Waals surface area contributed by atoms with Crippen LogP contribution in [0.1, 0.15) is 55.0 Å². The molecule has 2 aromatic heterocycles. The van der Waals surface area contributed by atoms with Crippen molar-refractivity contribution in [1.82, 2.24) is 20.2 Å². The number of nitrogens with one attached hydrogen (secondary N) is 2. The van der Waals surface area contributed by atoms with Gasteiger partial charge >= 0.3 is 0 Å². The highest BCUT2D eigenvalue weighted by molar-refractivity contribution is 5.86. The highest BCUT2D eigenvalue weighted by Crippen LogP contribution is 2.36. The molecule has 1 amide bonds. The summed E-state index contributed by atoms with van der Waals surface area (Å²) in [4.78, 5) is 22.4. The van der Waals surface area contributed by atoms with Crippen LogP contribution in [0, 0.1) is 6.92 Å². The number of benzene rings is 1. The zero-order valence-electron chi connectivity index (χ0n) is 18.5. The maximum Gasteiger partial charge on any atom is 0.254 e. The molecule has 1 saturated heterocycles. The zero-order chi connectivity index (χ0) is 21.8. The predicted molar refractivity (Wildman–Crippen MR) is 122 cm³/mol. The fraction of sp³-hybridized carbons (Fsp3) is 0.440. The van der Waals surface area contributed by atoms with E-state index >= 15 is 0 Å². The Labute approximate surface area is 182 Å². The van der Waals surface area contributed by atoms with E-state index in [-0.39, 0.29) is 5.91 Å². The van der Waals surface area contributed by atoms with Crippen molar-refractivity contribution in [3.8, 4) is 11.1 Å². The molecule has 0 aliphatic carbocycles. The molecular weight excluding hydrogens is 388 g/mol. The lowest BCUT2D eigenvalue weighted by Gasteiger charge is -2.35. The van der Waals surface area contributed by atoms with E-state index in [9.17, 15) is 9.90 Å². The molecular formula is C25H30N4O2. The molecule has 2 aliphatic heterocycles. The number of rotatable bonds is 3. The molecule has 31 heavy (non-hydrogen) atoms. The van der Waals surface area contributed by atoms with Gasteiger partial charge in [-0.05, 0) is 92.6 Å². The fourth-order valence-electron chi connectivity index (χ4n) is 5.01. The maximum atomic E-state index is 12.7. The molecule has 5 rings (SSSR count). The number of aromatic amines is 1. The summed E-state index contributed by atoms with van der Waals surface area (Å²) in [6.07, 6.45) is 7.05. The number of hydrogen-bond donors (Lipinski definition) is 3. The number of nitrogens with zero attached hydrogens (tertiary/aromatic N) is 2. The van der Waals surface area contributed by atoms with Crippen LogP contribution in [0.15, 0.2) is 30.6 Å². The van der Waals surface area contributed by atoms with Crippen LogP contribution in [0.3, 0.4) is 0 Å². The van der Waals surface area contributed by atoms with Gasteiger partial charge in [0.1, 0.15) is 11.2 Å². The molecule has 0 radical (unpaired) electrons. The van der Waals surface area contributed by atoms with E-state index in [0.29, 0.717) is 19.1 Å². The second kappa shape index (κ2) is 7.46. The minimum atomic E-state index is -1.36. The van der Waals surface area contributed by atoms with E-state index < -0.39 is 5.60 Å². The lowest BCUT2D eigenvalue weighted by molar-refractivity contribution is -0.148. The quantitative estimate of drug-likeness (QED) is 0.607. The second-order valence-corrected chi connectivity index (χ2v) is 9.48. The van der Waals surface area contributed by atoms with Crippen LogP contribution in [0.25, 0.3) is 22.2 Å². The van der Waals surface area contributed by atoms with Crippen LogP contribution in [-0.4, -0.2) is 44.6 Å². The molecule has 1 unspecified atom stereocenters. The molecule has 0 spiro atoms. The molecule has 3 N–H and O–H groups in total. The van der Waals surface area contributed by atoms with E-state index in [1.165, 1.54) is 28.7 Å². The van der Waals surface area contributed by atoms with Crippen LogP contribution in [0.4, 0.5) is 0 Å². The Morgan fingerprint density at radius 3 is 2.84 bits per heavy atom. The van der Waals surface area contributed by atoms with Crippen molar-refractivity contribution in [3.05, 3.63) is 52.8 Å². The van der Waals surface area contributed by atoms with Gasteiger partial charge in [-0.3, -0.25) is 4.79 Å². The van der Waals surface area contributed by atoms with Crippen molar-refractivity contribution >= 4 is 16.9 Å². The van der Waals surface area contributed by atoms with Gasteiger partial charge in [0, 0.05) is 42.5 Å². The summed E-state index contributed by atoms with van der Waals surface area (Å²) in [6, 6.07) is 7.09. The van der Waals surface area contributed by atoms with Crippen LogP contribution in [0.5, 0.6) is 0 Å². The van der Waals surface area contributed by atoms with E-state index in [2.05, 4.69) is 40.4 Å². The van der Waals surface area contributed by atoms with Crippen molar-refractivity contribution in [1.29, 1.82) is 0 Å². The predicted octanol–water partition coefficient (Wildman–Crippen LogP) is 3.62. The summed E-state index contributed by atoms with van der Waals surface area (Å²) in [6.45, 7) is 7.44. The normalized spacial score (nSPS) is 19.1. The SMILES string of the molecule is Cc1c[nH]c2ncc(-c3cc4c(c(C5CCCN5)c3)CCN(C(=O)C(C)(C)O)C4)cc12. The van der Waals surface area contributed by atoms with E-state index in [4.69, 9.17) is 0 Å². The first-order valence-corrected chi connectivity index (χ1v) is 11.2. The smallest absolute Gasteiger partial charge is 0.254 e. The standard InChI is InChI=1S/C25H30N4O2/c1-15-12-27-23-20(15)11-17(13-28-23)16-9-18-14-29(24(30)25(2,3)31)8-6-19(18)21(10-16)22-5-4-7-26-22/h9-13,22,26,31H,4-8,14H2,1-3H3,(H,27,28). The molecule has 4 heterocycles. The zero-order valence-corrected chi connectivity index (χ0v) is 18.5. The number of aromatic nitrogens is 2. The molecule has 1 aromatic carbocycles. The molecule has 1 atom stereocenters. The molecule has 1 fully saturated rings. The van der Waals surface area contributed by atoms with Crippen molar-refractivity contribution in [2.24, 2.45) is 0 Å². The lowest BCUT2D eigenvalue weighted by atomic mass is 9.86. The summed E-state index contributed by atoms with van der Waals surface area (Å²) in [5.41, 5.74) is 6.84. The third-order valence-electron chi connectivity index (χ3n) is 6.69. The summed E-state index contributed by atoms with van der Waals surface area (Å²) >= 11 is 0. The maximum absolute atomic E-state index is 12.7. The van der Waals surface area contributed by atoms with Gasteiger partial charge < -0.3 is 20.3 Å². The Balaban J connectivity index is 1.60. The third-order valence-corrected chi connectivity index (χ3v) is 6.69. The summed E-state index contributed by atoms with van der Waals surface area (Å²) in [5.74, 6) is -0.213. The summed E-state index contributed by atoms with van der Waals surface area (Å²) in [7, 11) is 0. The third kappa shape index (κ3) is 3.64. The molecule has 0 saturated carbocycles. The Morgan fingerprint density at radius 2 is 2.10 bits per heavy atom. The Hall–Kier alpha value is -2.70. The number of aliphatic hydroxyl groups is 1. The van der Waals surface area contributed by atoms with Gasteiger partial charge in [-0.2, -0.15) is 0 Å². The Kier molecular flexibility index (Phi) is 4.87. The Morgan fingerprint density at radius 1 is 1.26 bits per heavy atom.